The van der Waals surface area contributed by atoms with Crippen molar-refractivity contribution >= 4 is 28.1 Å². The number of benzene rings is 2. The molecule has 0 amide bonds. The molecule has 2 rings (SSSR count). The zero-order chi connectivity index (χ0) is 14.4. The van der Waals surface area contributed by atoms with Crippen molar-refractivity contribution < 1.29 is 8.95 Å². The van der Waals surface area contributed by atoms with Crippen molar-refractivity contribution in [3.05, 3.63) is 53.6 Å². The summed E-state index contributed by atoms with van der Waals surface area (Å²) in [6.07, 6.45) is 0.687. The van der Waals surface area contributed by atoms with E-state index < -0.39 is 10.8 Å². The van der Waals surface area contributed by atoms with Gasteiger partial charge in [0.1, 0.15) is 5.75 Å². The fourth-order valence-electron chi connectivity index (χ4n) is 1.70. The highest BCUT2D eigenvalue weighted by molar-refractivity contribution is 7.85. The summed E-state index contributed by atoms with van der Waals surface area (Å²) in [6, 6.07) is 14.6. The molecule has 0 fully saturated rings. The second-order valence-corrected chi connectivity index (χ2v) is 6.20. The van der Waals surface area contributed by atoms with Gasteiger partial charge in [-0.2, -0.15) is 0 Å². The Morgan fingerprint density at radius 1 is 1.15 bits per heavy atom. The zero-order valence-corrected chi connectivity index (χ0v) is 12.5. The Balaban J connectivity index is 1.82. The predicted molar refractivity (Wildman–Crippen MR) is 83.7 cm³/mol. The number of rotatable bonds is 6. The molecule has 0 bridgehead atoms. The van der Waals surface area contributed by atoms with E-state index in [-0.39, 0.29) is 0 Å². The first-order valence-corrected chi connectivity index (χ1v) is 7.98. The summed E-state index contributed by atoms with van der Waals surface area (Å²) < 4.78 is 17.7. The molecule has 0 spiro atoms. The molecule has 2 aromatic rings. The third-order valence-corrected chi connectivity index (χ3v) is 4.62. The van der Waals surface area contributed by atoms with E-state index in [4.69, 9.17) is 22.1 Å². The van der Waals surface area contributed by atoms with Crippen molar-refractivity contribution in [2.45, 2.75) is 11.3 Å². The third-order valence-electron chi connectivity index (χ3n) is 2.69. The van der Waals surface area contributed by atoms with Crippen molar-refractivity contribution in [3.8, 4) is 5.75 Å². The SMILES string of the molecule is Nc1ccc(Cl)c(S(=O)CCCOc2ccccc2)c1. The molecular weight excluding hydrogens is 294 g/mol. The number of nitrogens with two attached hydrogens (primary N) is 1. The smallest absolute Gasteiger partial charge is 0.119 e. The zero-order valence-electron chi connectivity index (χ0n) is 10.9. The van der Waals surface area contributed by atoms with Crippen molar-refractivity contribution in [1.82, 2.24) is 0 Å². The van der Waals surface area contributed by atoms with Gasteiger partial charge < -0.3 is 10.5 Å². The Morgan fingerprint density at radius 3 is 2.65 bits per heavy atom. The molecule has 0 saturated heterocycles. The van der Waals surface area contributed by atoms with Crippen LogP contribution >= 0.6 is 11.6 Å². The number of para-hydroxylation sites is 1. The maximum atomic E-state index is 12.1. The summed E-state index contributed by atoms with van der Waals surface area (Å²) >= 11 is 6.02. The van der Waals surface area contributed by atoms with Gasteiger partial charge in [-0.25, -0.2) is 0 Å². The van der Waals surface area contributed by atoms with Crippen LogP contribution < -0.4 is 10.5 Å². The van der Waals surface area contributed by atoms with Gasteiger partial charge in [-0.1, -0.05) is 29.8 Å². The van der Waals surface area contributed by atoms with E-state index in [1.165, 1.54) is 0 Å². The first-order valence-electron chi connectivity index (χ1n) is 6.28. The molecule has 5 heteroatoms. The molecular formula is C15H16ClNO2S. The first-order chi connectivity index (χ1) is 9.66. The second-order valence-electron chi connectivity index (χ2n) is 4.25. The Labute approximate surface area is 126 Å². The maximum absolute atomic E-state index is 12.1. The van der Waals surface area contributed by atoms with Gasteiger partial charge in [0.2, 0.25) is 0 Å². The van der Waals surface area contributed by atoms with Crippen LogP contribution in [0.3, 0.4) is 0 Å². The predicted octanol–water partition coefficient (Wildman–Crippen LogP) is 3.50. The standard InChI is InChI=1S/C15H16ClNO2S/c16-14-8-7-12(17)11-15(14)20(18)10-4-9-19-13-5-2-1-3-6-13/h1-3,5-8,11H,4,9-10,17H2. The lowest BCUT2D eigenvalue weighted by Crippen LogP contribution is -2.05. The van der Waals surface area contributed by atoms with Gasteiger partial charge in [-0.05, 0) is 36.8 Å². The summed E-state index contributed by atoms with van der Waals surface area (Å²) in [4.78, 5) is 0.589. The molecule has 0 heterocycles. The Hall–Kier alpha value is -1.52. The summed E-state index contributed by atoms with van der Waals surface area (Å²) in [7, 11) is -1.16. The van der Waals surface area contributed by atoms with Crippen LogP contribution in [0, 0.1) is 0 Å². The minimum Gasteiger partial charge on any atom is -0.494 e. The topological polar surface area (TPSA) is 52.3 Å². The van der Waals surface area contributed by atoms with Crippen LogP contribution in [0.5, 0.6) is 5.75 Å². The van der Waals surface area contributed by atoms with Crippen molar-refractivity contribution in [2.24, 2.45) is 0 Å². The first kappa shape index (κ1) is 14.9. The van der Waals surface area contributed by atoms with Crippen molar-refractivity contribution in [3.63, 3.8) is 0 Å². The Morgan fingerprint density at radius 2 is 1.90 bits per heavy atom. The van der Waals surface area contributed by atoms with E-state index in [0.29, 0.717) is 34.4 Å². The fraction of sp³-hybridized carbons (Fsp3) is 0.200. The Kier molecular flexibility index (Phi) is 5.44. The quantitative estimate of drug-likeness (QED) is 0.656. The van der Waals surface area contributed by atoms with Gasteiger partial charge in [0.15, 0.2) is 0 Å². The highest BCUT2D eigenvalue weighted by atomic mass is 35.5. The van der Waals surface area contributed by atoms with Crippen molar-refractivity contribution in [2.75, 3.05) is 18.1 Å². The molecule has 2 N–H and O–H groups in total. The fourth-order valence-corrected chi connectivity index (χ4v) is 3.23. The molecule has 106 valence electrons. The summed E-state index contributed by atoms with van der Waals surface area (Å²) in [5.41, 5.74) is 6.25. The van der Waals surface area contributed by atoms with Crippen molar-refractivity contribution in [1.29, 1.82) is 0 Å². The largest absolute Gasteiger partial charge is 0.494 e. The van der Waals surface area contributed by atoms with E-state index in [2.05, 4.69) is 0 Å². The van der Waals surface area contributed by atoms with E-state index in [0.717, 1.165) is 5.75 Å². The molecule has 1 unspecified atom stereocenters. The monoisotopic (exact) mass is 309 g/mol. The van der Waals surface area contributed by atoms with Crippen LogP contribution in [0.15, 0.2) is 53.4 Å². The average Bonchev–Trinajstić information content (AvgIpc) is 2.47. The summed E-state index contributed by atoms with van der Waals surface area (Å²) in [5, 5.41) is 0.488. The normalized spacial score (nSPS) is 12.1. The van der Waals surface area contributed by atoms with Gasteiger partial charge in [0.05, 0.1) is 27.3 Å². The molecule has 1 atom stereocenters. The van der Waals surface area contributed by atoms with Gasteiger partial charge in [-0.15, -0.1) is 0 Å². The average molecular weight is 310 g/mol. The molecule has 0 aliphatic heterocycles. The van der Waals surface area contributed by atoms with Crippen LogP contribution in [-0.4, -0.2) is 16.6 Å². The molecule has 0 aromatic heterocycles. The second kappa shape index (κ2) is 7.31. The van der Waals surface area contributed by atoms with Crippen LogP contribution in [0.25, 0.3) is 0 Å². The van der Waals surface area contributed by atoms with Crippen LogP contribution in [0.2, 0.25) is 5.02 Å². The molecule has 20 heavy (non-hydrogen) atoms. The van der Waals surface area contributed by atoms with Crippen LogP contribution in [0.1, 0.15) is 6.42 Å². The maximum Gasteiger partial charge on any atom is 0.119 e. The lowest BCUT2D eigenvalue weighted by atomic mass is 10.3. The molecule has 0 saturated carbocycles. The lowest BCUT2D eigenvalue weighted by molar-refractivity contribution is 0.318. The van der Waals surface area contributed by atoms with Gasteiger partial charge in [0.25, 0.3) is 0 Å². The van der Waals surface area contributed by atoms with E-state index in [9.17, 15) is 4.21 Å². The number of nitrogen functional groups attached to an aromatic ring is 1. The van der Waals surface area contributed by atoms with E-state index in [1.807, 2.05) is 30.3 Å². The molecule has 0 aliphatic rings. The highest BCUT2D eigenvalue weighted by Crippen LogP contribution is 2.22. The number of halogens is 1. The molecule has 0 radical (unpaired) electrons. The van der Waals surface area contributed by atoms with Crippen LogP contribution in [-0.2, 0) is 10.8 Å². The number of ether oxygens (including phenoxy) is 1. The summed E-state index contributed by atoms with van der Waals surface area (Å²) in [5.74, 6) is 1.32. The Bertz CT molecular complexity index is 590. The van der Waals surface area contributed by atoms with E-state index in [1.54, 1.807) is 18.2 Å². The highest BCUT2D eigenvalue weighted by Gasteiger charge is 2.09. The van der Waals surface area contributed by atoms with Crippen LogP contribution in [0.4, 0.5) is 5.69 Å². The molecule has 3 nitrogen and oxygen atoms in total. The molecule has 2 aromatic carbocycles. The van der Waals surface area contributed by atoms with Gasteiger partial charge in [0, 0.05) is 11.4 Å². The lowest BCUT2D eigenvalue weighted by Gasteiger charge is -2.07. The summed E-state index contributed by atoms with van der Waals surface area (Å²) in [6.45, 7) is 0.524. The number of hydrogen-bond acceptors (Lipinski definition) is 3. The number of hydrogen-bond donors (Lipinski definition) is 1. The van der Waals surface area contributed by atoms with Gasteiger partial charge >= 0.3 is 0 Å². The van der Waals surface area contributed by atoms with E-state index >= 15 is 0 Å². The minimum atomic E-state index is -1.16. The minimum absolute atomic E-state index is 0.488. The third kappa shape index (κ3) is 4.25. The number of anilines is 1. The molecule has 0 aliphatic carbocycles. The van der Waals surface area contributed by atoms with Gasteiger partial charge in [-0.3, -0.25) is 4.21 Å².